The van der Waals surface area contributed by atoms with Crippen LogP contribution >= 0.6 is 0 Å². The minimum atomic E-state index is -0.864. The van der Waals surface area contributed by atoms with E-state index in [0.717, 1.165) is 0 Å². The number of hydrogen-bond donors (Lipinski definition) is 4. The van der Waals surface area contributed by atoms with Crippen molar-refractivity contribution < 1.29 is 9.90 Å². The zero-order valence-electron chi connectivity index (χ0n) is 12.9. The summed E-state index contributed by atoms with van der Waals surface area (Å²) in [6.45, 7) is 0. The number of nitrogens with one attached hydrogen (secondary N) is 3. The fourth-order valence-electron chi connectivity index (χ4n) is 2.54. The van der Waals surface area contributed by atoms with Crippen molar-refractivity contribution >= 4 is 17.3 Å². The Bertz CT molecular complexity index is 1110. The summed E-state index contributed by atoms with van der Waals surface area (Å²) in [5, 5.41) is 21.6. The first-order chi connectivity index (χ1) is 12.0. The number of aromatic amines is 2. The molecule has 9 nitrogen and oxygen atoms in total. The molecule has 0 spiro atoms. The number of benzene rings is 1. The number of carbonyl (C=O) groups excluding carboxylic acids is 1. The molecule has 25 heavy (non-hydrogen) atoms. The lowest BCUT2D eigenvalue weighted by Gasteiger charge is -2.04. The maximum Gasteiger partial charge on any atom is 0.328 e. The van der Waals surface area contributed by atoms with Crippen LogP contribution < -0.4 is 16.6 Å². The molecule has 4 N–H and O–H groups in total. The van der Waals surface area contributed by atoms with Crippen LogP contribution in [0.25, 0.3) is 5.70 Å². The van der Waals surface area contributed by atoms with E-state index >= 15 is 0 Å². The van der Waals surface area contributed by atoms with Crippen LogP contribution in [0.5, 0.6) is 5.88 Å². The highest BCUT2D eigenvalue weighted by molar-refractivity contribution is 6.23. The molecule has 0 bridgehead atoms. The number of H-pyrrole nitrogens is 2. The van der Waals surface area contributed by atoms with Crippen molar-refractivity contribution in [3.63, 3.8) is 0 Å². The van der Waals surface area contributed by atoms with Gasteiger partial charge in [-0.2, -0.15) is 5.26 Å². The monoisotopic (exact) mass is 337 g/mol. The van der Waals surface area contributed by atoms with Gasteiger partial charge in [0, 0.05) is 18.2 Å². The lowest BCUT2D eigenvalue weighted by molar-refractivity contribution is -0.116. The maximum absolute atomic E-state index is 12.1. The minimum Gasteiger partial charge on any atom is -0.494 e. The van der Waals surface area contributed by atoms with E-state index in [1.165, 1.54) is 7.05 Å². The summed E-state index contributed by atoms with van der Waals surface area (Å²) in [6, 6.07) is 8.43. The second-order valence-electron chi connectivity index (χ2n) is 5.05. The van der Waals surface area contributed by atoms with E-state index in [1.807, 2.05) is 4.98 Å². The van der Waals surface area contributed by atoms with Crippen LogP contribution in [0.2, 0.25) is 0 Å². The van der Waals surface area contributed by atoms with Crippen molar-refractivity contribution in [2.24, 2.45) is 4.99 Å². The molecule has 0 radical (unpaired) electrons. The predicted molar refractivity (Wildman–Crippen MR) is 88.0 cm³/mol. The summed E-state index contributed by atoms with van der Waals surface area (Å²) < 4.78 is 0. The van der Waals surface area contributed by atoms with Crippen LogP contribution in [0.4, 0.5) is 0 Å². The van der Waals surface area contributed by atoms with Gasteiger partial charge < -0.3 is 10.4 Å². The van der Waals surface area contributed by atoms with Crippen molar-refractivity contribution in [3.05, 3.63) is 67.4 Å². The van der Waals surface area contributed by atoms with Gasteiger partial charge in [-0.3, -0.25) is 19.6 Å². The van der Waals surface area contributed by atoms with E-state index in [4.69, 9.17) is 0 Å². The van der Waals surface area contributed by atoms with Gasteiger partial charge in [-0.25, -0.2) is 9.79 Å². The number of carbonyl (C=O) groups is 1. The Kier molecular flexibility index (Phi) is 3.79. The average molecular weight is 337 g/mol. The largest absolute Gasteiger partial charge is 0.494 e. The molecule has 0 aliphatic carbocycles. The van der Waals surface area contributed by atoms with Gasteiger partial charge in [-0.05, 0) is 0 Å². The Hall–Kier alpha value is -3.93. The molecule has 1 amide bonds. The Morgan fingerprint density at radius 3 is 2.52 bits per heavy atom. The summed E-state index contributed by atoms with van der Waals surface area (Å²) >= 11 is 0. The zero-order chi connectivity index (χ0) is 18.1. The van der Waals surface area contributed by atoms with Crippen molar-refractivity contribution in [2.45, 2.75) is 0 Å². The van der Waals surface area contributed by atoms with Gasteiger partial charge in [0.1, 0.15) is 17.2 Å². The van der Waals surface area contributed by atoms with Crippen LogP contribution in [0.3, 0.4) is 0 Å². The number of aromatic hydroxyl groups is 1. The second-order valence-corrected chi connectivity index (χ2v) is 5.05. The third-order valence-electron chi connectivity index (χ3n) is 3.62. The Balaban J connectivity index is 2.37. The Morgan fingerprint density at radius 2 is 1.92 bits per heavy atom. The normalized spacial score (nSPS) is 14.3. The quantitative estimate of drug-likeness (QED) is 0.434. The number of rotatable bonds is 2. The number of nitrogens with zero attached hydrogens (tertiary/aromatic N) is 2. The molecule has 3 rings (SSSR count). The molecular formula is C16H11N5O4. The molecule has 0 unspecified atom stereocenters. The molecule has 1 aliphatic rings. The molecule has 2 heterocycles. The molecule has 1 aromatic carbocycles. The first-order valence-electron chi connectivity index (χ1n) is 7.08. The van der Waals surface area contributed by atoms with Crippen LogP contribution in [0.1, 0.15) is 16.7 Å². The highest BCUT2D eigenvalue weighted by Crippen LogP contribution is 2.33. The number of likely N-dealkylation sites (N-methyl/N-ethyl adjacent to an activating group) is 1. The fourth-order valence-corrected chi connectivity index (χ4v) is 2.54. The maximum atomic E-state index is 12.1. The lowest BCUT2D eigenvalue weighted by atomic mass is 9.99. The van der Waals surface area contributed by atoms with E-state index < -0.39 is 23.0 Å². The van der Waals surface area contributed by atoms with E-state index in [2.05, 4.69) is 15.3 Å². The molecule has 0 saturated carbocycles. The number of hydrogen-bond acceptors (Lipinski definition) is 6. The molecular weight excluding hydrogens is 326 g/mol. The fraction of sp³-hybridized carbons (Fsp3) is 0.0625. The minimum absolute atomic E-state index is 0.0530. The molecule has 1 aliphatic heterocycles. The van der Waals surface area contributed by atoms with Gasteiger partial charge in [0.2, 0.25) is 5.88 Å². The number of fused-ring (bicyclic) bond motifs is 1. The molecule has 0 saturated heterocycles. The standard InChI is InChI=1S/C16H11N5O4/c1-18-13(22)9(6-17)11-7-4-2-3-5-8(7)12(19-11)10-14(23)20-16(25)21-15(10)24/h2-5H,1H3,(H,18,22)(H3,20,21,23,24,25)/b11-9-. The van der Waals surface area contributed by atoms with E-state index in [-0.39, 0.29) is 22.5 Å². The predicted octanol–water partition coefficient (Wildman–Crippen LogP) is -0.400. The van der Waals surface area contributed by atoms with Gasteiger partial charge in [0.25, 0.3) is 11.5 Å². The van der Waals surface area contributed by atoms with E-state index in [9.17, 15) is 24.8 Å². The van der Waals surface area contributed by atoms with Gasteiger partial charge in [-0.1, -0.05) is 24.3 Å². The van der Waals surface area contributed by atoms with Crippen molar-refractivity contribution in [1.29, 1.82) is 5.26 Å². The molecule has 0 fully saturated rings. The summed E-state index contributed by atoms with van der Waals surface area (Å²) in [5.41, 5.74) is -1.15. The highest BCUT2D eigenvalue weighted by Gasteiger charge is 2.29. The summed E-state index contributed by atoms with van der Waals surface area (Å²) in [6.07, 6.45) is 0. The van der Waals surface area contributed by atoms with Crippen molar-refractivity contribution in [1.82, 2.24) is 15.3 Å². The Labute approximate surface area is 140 Å². The number of amides is 1. The Morgan fingerprint density at radius 1 is 1.24 bits per heavy atom. The van der Waals surface area contributed by atoms with Gasteiger partial charge in [-0.15, -0.1) is 0 Å². The van der Waals surface area contributed by atoms with Gasteiger partial charge >= 0.3 is 5.69 Å². The molecule has 0 atom stereocenters. The highest BCUT2D eigenvalue weighted by atomic mass is 16.3. The van der Waals surface area contributed by atoms with Crippen LogP contribution in [0, 0.1) is 11.3 Å². The first-order valence-corrected chi connectivity index (χ1v) is 7.08. The molecule has 2 aromatic rings. The van der Waals surface area contributed by atoms with Crippen LogP contribution in [0.15, 0.2) is 44.4 Å². The lowest BCUT2D eigenvalue weighted by Crippen LogP contribution is -2.27. The van der Waals surface area contributed by atoms with Gasteiger partial charge in [0.05, 0.1) is 11.4 Å². The van der Waals surface area contributed by atoms with Crippen molar-refractivity contribution in [3.8, 4) is 11.9 Å². The SMILES string of the molecule is CNC(=O)/C(C#N)=C1\N=C(c2c(O)[nH]c(=O)[nH]c2=O)c2ccccc21. The average Bonchev–Trinajstić information content (AvgIpc) is 2.94. The van der Waals surface area contributed by atoms with Crippen LogP contribution in [-0.4, -0.2) is 33.7 Å². The summed E-state index contributed by atoms with van der Waals surface area (Å²) in [4.78, 5) is 43.6. The molecule has 9 heteroatoms. The number of nitriles is 1. The van der Waals surface area contributed by atoms with Crippen LogP contribution in [-0.2, 0) is 4.79 Å². The van der Waals surface area contributed by atoms with Crippen molar-refractivity contribution in [2.75, 3.05) is 7.05 Å². The summed E-state index contributed by atoms with van der Waals surface area (Å²) in [7, 11) is 1.38. The third-order valence-corrected chi connectivity index (χ3v) is 3.62. The molecule has 124 valence electrons. The van der Waals surface area contributed by atoms with E-state index in [0.29, 0.717) is 11.1 Å². The zero-order valence-corrected chi connectivity index (χ0v) is 12.9. The smallest absolute Gasteiger partial charge is 0.328 e. The topological polar surface area (TPSA) is 151 Å². The van der Waals surface area contributed by atoms with Gasteiger partial charge in [0.15, 0.2) is 0 Å². The summed E-state index contributed by atoms with van der Waals surface area (Å²) in [5.74, 6) is -1.28. The number of aromatic nitrogens is 2. The third kappa shape index (κ3) is 2.51. The molecule has 1 aromatic heterocycles. The number of aliphatic imine (C=N–C) groups is 1. The second kappa shape index (κ2) is 5.93. The van der Waals surface area contributed by atoms with E-state index in [1.54, 1.807) is 30.3 Å². The first kappa shape index (κ1) is 15.9.